The molecule has 21 heavy (non-hydrogen) atoms. The molecule has 0 spiro atoms. The van der Waals surface area contributed by atoms with Crippen LogP contribution in [-0.4, -0.2) is 44.7 Å². The van der Waals surface area contributed by atoms with E-state index in [9.17, 15) is 4.79 Å². The zero-order valence-electron chi connectivity index (χ0n) is 12.7. The number of methoxy groups -OCH3 is 3. The number of likely N-dealkylation sites (tertiary alicyclic amines) is 1. The summed E-state index contributed by atoms with van der Waals surface area (Å²) in [5, 5.41) is 0. The van der Waals surface area contributed by atoms with E-state index in [0.29, 0.717) is 23.8 Å². The van der Waals surface area contributed by atoms with Gasteiger partial charge in [-0.05, 0) is 19.4 Å². The average molecular weight is 294 g/mol. The normalized spacial score (nSPS) is 18.5. The van der Waals surface area contributed by atoms with Crippen molar-refractivity contribution >= 4 is 5.91 Å². The number of ether oxygens (including phenoxy) is 3. The van der Waals surface area contributed by atoms with Crippen LogP contribution in [0, 0.1) is 0 Å². The first-order valence-corrected chi connectivity index (χ1v) is 6.93. The van der Waals surface area contributed by atoms with Gasteiger partial charge in [-0.15, -0.1) is 0 Å². The summed E-state index contributed by atoms with van der Waals surface area (Å²) in [4.78, 5) is 13.6. The summed E-state index contributed by atoms with van der Waals surface area (Å²) in [6, 6.07) is 3.40. The minimum Gasteiger partial charge on any atom is -0.496 e. The van der Waals surface area contributed by atoms with Gasteiger partial charge in [-0.25, -0.2) is 0 Å². The summed E-state index contributed by atoms with van der Waals surface area (Å²) in [6.07, 6.45) is 1.77. The Morgan fingerprint density at radius 2 is 1.86 bits per heavy atom. The summed E-state index contributed by atoms with van der Waals surface area (Å²) in [5.41, 5.74) is 6.36. The number of carbonyl (C=O) groups excluding carboxylic acids is 1. The SMILES string of the molecule is COc1cc(OC)c(CN2CCCC2C(N)=O)c(OC)c1. The third-order valence-electron chi connectivity index (χ3n) is 3.87. The van der Waals surface area contributed by atoms with E-state index in [1.54, 1.807) is 21.3 Å². The lowest BCUT2D eigenvalue weighted by Crippen LogP contribution is -2.39. The first-order chi connectivity index (χ1) is 10.1. The van der Waals surface area contributed by atoms with Crippen LogP contribution in [0.15, 0.2) is 12.1 Å². The van der Waals surface area contributed by atoms with Crippen molar-refractivity contribution in [3.63, 3.8) is 0 Å². The van der Waals surface area contributed by atoms with Crippen LogP contribution >= 0.6 is 0 Å². The number of hydrogen-bond acceptors (Lipinski definition) is 5. The first kappa shape index (κ1) is 15.4. The molecule has 6 heteroatoms. The van der Waals surface area contributed by atoms with Crippen LogP contribution in [0.5, 0.6) is 17.2 Å². The second kappa shape index (κ2) is 6.67. The predicted octanol–water partition coefficient (Wildman–Crippen LogP) is 1.16. The highest BCUT2D eigenvalue weighted by Crippen LogP contribution is 2.36. The van der Waals surface area contributed by atoms with Crippen molar-refractivity contribution in [1.82, 2.24) is 4.90 Å². The van der Waals surface area contributed by atoms with Gasteiger partial charge in [0.1, 0.15) is 17.2 Å². The molecule has 1 atom stereocenters. The largest absolute Gasteiger partial charge is 0.496 e. The second-order valence-electron chi connectivity index (χ2n) is 5.04. The first-order valence-electron chi connectivity index (χ1n) is 6.93. The maximum atomic E-state index is 11.5. The monoisotopic (exact) mass is 294 g/mol. The van der Waals surface area contributed by atoms with Gasteiger partial charge in [-0.3, -0.25) is 9.69 Å². The van der Waals surface area contributed by atoms with Gasteiger partial charge in [-0.2, -0.15) is 0 Å². The van der Waals surface area contributed by atoms with E-state index in [1.807, 2.05) is 12.1 Å². The van der Waals surface area contributed by atoms with Crippen molar-refractivity contribution in [2.75, 3.05) is 27.9 Å². The topological polar surface area (TPSA) is 74.0 Å². The van der Waals surface area contributed by atoms with Crippen LogP contribution < -0.4 is 19.9 Å². The molecule has 0 saturated carbocycles. The van der Waals surface area contributed by atoms with Gasteiger partial charge in [0.25, 0.3) is 0 Å². The molecule has 2 rings (SSSR count). The van der Waals surface area contributed by atoms with Crippen LogP contribution in [0.25, 0.3) is 0 Å². The molecule has 1 aromatic carbocycles. The van der Waals surface area contributed by atoms with Crippen LogP contribution in [0.4, 0.5) is 0 Å². The van der Waals surface area contributed by atoms with Gasteiger partial charge in [0, 0.05) is 18.7 Å². The third-order valence-corrected chi connectivity index (χ3v) is 3.87. The Hall–Kier alpha value is -1.95. The minimum absolute atomic E-state index is 0.221. The highest BCUT2D eigenvalue weighted by Gasteiger charge is 2.30. The Balaban J connectivity index is 2.32. The molecule has 116 valence electrons. The van der Waals surface area contributed by atoms with E-state index in [2.05, 4.69) is 4.90 Å². The van der Waals surface area contributed by atoms with E-state index in [-0.39, 0.29) is 11.9 Å². The maximum absolute atomic E-state index is 11.5. The van der Waals surface area contributed by atoms with Crippen LogP contribution in [0.1, 0.15) is 18.4 Å². The van der Waals surface area contributed by atoms with Crippen LogP contribution in [0.3, 0.4) is 0 Å². The van der Waals surface area contributed by atoms with E-state index < -0.39 is 0 Å². The fraction of sp³-hybridized carbons (Fsp3) is 0.533. The Labute approximate surface area is 124 Å². The van der Waals surface area contributed by atoms with Crippen LogP contribution in [0.2, 0.25) is 0 Å². The third kappa shape index (κ3) is 3.21. The molecule has 0 aliphatic carbocycles. The molecule has 1 heterocycles. The zero-order valence-corrected chi connectivity index (χ0v) is 12.7. The maximum Gasteiger partial charge on any atom is 0.234 e. The van der Waals surface area contributed by atoms with Crippen molar-refractivity contribution in [2.24, 2.45) is 5.73 Å². The number of carbonyl (C=O) groups is 1. The standard InChI is InChI=1S/C15H22N2O4/c1-19-10-7-13(20-2)11(14(8-10)21-3)9-17-6-4-5-12(17)15(16)18/h7-8,12H,4-6,9H2,1-3H3,(H2,16,18). The van der Waals surface area contributed by atoms with Gasteiger partial charge in [0.15, 0.2) is 0 Å². The molecule has 1 amide bonds. The summed E-state index contributed by atoms with van der Waals surface area (Å²) in [6.45, 7) is 1.40. The Morgan fingerprint density at radius 3 is 2.33 bits per heavy atom. The molecule has 0 bridgehead atoms. The molecular weight excluding hydrogens is 272 g/mol. The molecule has 1 unspecified atom stereocenters. The number of primary amides is 1. The zero-order chi connectivity index (χ0) is 15.4. The fourth-order valence-electron chi connectivity index (χ4n) is 2.77. The lowest BCUT2D eigenvalue weighted by molar-refractivity contribution is -0.122. The molecule has 1 aliphatic rings. The number of nitrogens with zero attached hydrogens (tertiary/aromatic N) is 1. The van der Waals surface area contributed by atoms with E-state index >= 15 is 0 Å². The van der Waals surface area contributed by atoms with Crippen molar-refractivity contribution in [3.05, 3.63) is 17.7 Å². The number of rotatable bonds is 6. The van der Waals surface area contributed by atoms with Crippen molar-refractivity contribution < 1.29 is 19.0 Å². The lowest BCUT2D eigenvalue weighted by Gasteiger charge is -2.24. The highest BCUT2D eigenvalue weighted by molar-refractivity contribution is 5.80. The summed E-state index contributed by atoms with van der Waals surface area (Å²) < 4.78 is 16.1. The number of hydrogen-bond donors (Lipinski definition) is 1. The molecular formula is C15H22N2O4. The Morgan fingerprint density at radius 1 is 1.24 bits per heavy atom. The van der Waals surface area contributed by atoms with Gasteiger partial charge < -0.3 is 19.9 Å². The molecule has 1 fully saturated rings. The van der Waals surface area contributed by atoms with Gasteiger partial charge in [-0.1, -0.05) is 0 Å². The highest BCUT2D eigenvalue weighted by atomic mass is 16.5. The molecule has 1 saturated heterocycles. The van der Waals surface area contributed by atoms with Crippen molar-refractivity contribution in [1.29, 1.82) is 0 Å². The number of benzene rings is 1. The van der Waals surface area contributed by atoms with E-state index in [1.165, 1.54) is 0 Å². The summed E-state index contributed by atoms with van der Waals surface area (Å²) in [5.74, 6) is 1.75. The van der Waals surface area contributed by atoms with Crippen molar-refractivity contribution in [3.8, 4) is 17.2 Å². The summed E-state index contributed by atoms with van der Waals surface area (Å²) in [7, 11) is 4.80. The van der Waals surface area contributed by atoms with E-state index in [0.717, 1.165) is 24.9 Å². The molecule has 2 N–H and O–H groups in total. The van der Waals surface area contributed by atoms with Gasteiger partial charge in [0.05, 0.1) is 32.9 Å². The van der Waals surface area contributed by atoms with Gasteiger partial charge >= 0.3 is 0 Å². The van der Waals surface area contributed by atoms with Crippen LogP contribution in [-0.2, 0) is 11.3 Å². The quantitative estimate of drug-likeness (QED) is 0.852. The Bertz CT molecular complexity index is 493. The number of amides is 1. The van der Waals surface area contributed by atoms with Gasteiger partial charge in [0.2, 0.25) is 5.91 Å². The summed E-state index contributed by atoms with van der Waals surface area (Å²) >= 11 is 0. The van der Waals surface area contributed by atoms with E-state index in [4.69, 9.17) is 19.9 Å². The predicted molar refractivity (Wildman–Crippen MR) is 78.7 cm³/mol. The molecule has 0 radical (unpaired) electrons. The average Bonchev–Trinajstić information content (AvgIpc) is 2.95. The lowest BCUT2D eigenvalue weighted by atomic mass is 10.1. The fourth-order valence-corrected chi connectivity index (χ4v) is 2.77. The number of nitrogens with two attached hydrogens (primary N) is 1. The molecule has 0 aromatic heterocycles. The van der Waals surface area contributed by atoms with Crippen molar-refractivity contribution in [2.45, 2.75) is 25.4 Å². The molecule has 6 nitrogen and oxygen atoms in total. The smallest absolute Gasteiger partial charge is 0.234 e. The Kier molecular flexibility index (Phi) is 4.90. The molecule has 1 aromatic rings. The second-order valence-corrected chi connectivity index (χ2v) is 5.04. The molecule has 1 aliphatic heterocycles. The minimum atomic E-state index is -0.279.